The molecule has 8 N–H and O–H groups in total. The number of aliphatic hydroxyl groups excluding tert-OH is 6. The lowest BCUT2D eigenvalue weighted by Crippen LogP contribution is -2.76. The number of fused-ring (bicyclic) bond motifs is 5. The van der Waals surface area contributed by atoms with Gasteiger partial charge >= 0.3 is 5.97 Å². The van der Waals surface area contributed by atoms with E-state index in [1.165, 1.54) is 13.0 Å². The second-order valence-corrected chi connectivity index (χ2v) is 13.8. The summed E-state index contributed by atoms with van der Waals surface area (Å²) in [4.78, 5) is 11.8. The van der Waals surface area contributed by atoms with Gasteiger partial charge in [-0.1, -0.05) is 6.92 Å². The minimum absolute atomic E-state index is 0.0369. The van der Waals surface area contributed by atoms with Gasteiger partial charge in [0.15, 0.2) is 6.29 Å². The summed E-state index contributed by atoms with van der Waals surface area (Å²) in [7, 11) is 0. The van der Waals surface area contributed by atoms with Crippen molar-refractivity contribution in [3.8, 4) is 0 Å². The number of rotatable bonds is 4. The number of aliphatic hydroxyl groups is 8. The standard InChI is InChI=1S/C29H44O12/c1-13-22(34)23(35)24(36)25(40-13)41-15-8-19(32)28(12-30)21-17(3-5-27(28,37)9-15)29(38)6-4-16(14-7-20(33)39-11-14)26(29,2)10-18(21)31/h7,13,15-19,21-25,30-32,34-38H,3-6,8-12H2,1-2H3/t13-,15-,16+,17?,18-,19+,21?,22-,23+,24+,25-,26+,27-,28+,29-/m0/s1. The Morgan fingerprint density at radius 3 is 2.41 bits per heavy atom. The SMILES string of the molecule is C[C@@H]1O[C@@H](O[C@H]2C[C@@H](O)[C@]3(CO)C4C(CC[C@]3(O)C2)[C@@]2(O)CC[C@H](C3=CC(=O)OC3)[C@@]2(C)C[C@@H]4O)[C@H](O)[C@H](O)[C@H]1O. The van der Waals surface area contributed by atoms with Gasteiger partial charge in [-0.15, -0.1) is 0 Å². The van der Waals surface area contributed by atoms with Crippen molar-refractivity contribution >= 4 is 5.97 Å². The molecule has 4 aliphatic carbocycles. The summed E-state index contributed by atoms with van der Waals surface area (Å²) in [5, 5.41) is 89.6. The van der Waals surface area contributed by atoms with Crippen LogP contribution in [0.5, 0.6) is 0 Å². The predicted molar refractivity (Wildman–Crippen MR) is 139 cm³/mol. The molecule has 6 rings (SSSR count). The van der Waals surface area contributed by atoms with Crippen LogP contribution in [0.4, 0.5) is 0 Å². The second-order valence-electron chi connectivity index (χ2n) is 13.8. The fourth-order valence-electron chi connectivity index (χ4n) is 10.1. The first kappa shape index (κ1) is 29.9. The average Bonchev–Trinajstić information content (AvgIpc) is 3.45. The molecular formula is C29H44O12. The van der Waals surface area contributed by atoms with Crippen LogP contribution in [-0.2, 0) is 19.0 Å². The molecule has 2 heterocycles. The van der Waals surface area contributed by atoms with E-state index in [9.17, 15) is 45.6 Å². The van der Waals surface area contributed by atoms with Gasteiger partial charge in [-0.3, -0.25) is 0 Å². The average molecular weight is 585 g/mol. The van der Waals surface area contributed by atoms with Crippen molar-refractivity contribution in [2.75, 3.05) is 13.2 Å². The molecule has 4 saturated carbocycles. The maximum Gasteiger partial charge on any atom is 0.331 e. The molecule has 12 nitrogen and oxygen atoms in total. The maximum absolute atomic E-state index is 12.4. The van der Waals surface area contributed by atoms with Crippen molar-refractivity contribution in [2.45, 2.75) is 119 Å². The molecule has 0 bridgehead atoms. The van der Waals surface area contributed by atoms with Crippen molar-refractivity contribution in [1.29, 1.82) is 0 Å². The third-order valence-electron chi connectivity index (χ3n) is 12.2. The number of esters is 1. The molecule has 5 fully saturated rings. The van der Waals surface area contributed by atoms with Crippen LogP contribution in [0.3, 0.4) is 0 Å². The highest BCUT2D eigenvalue weighted by atomic mass is 16.7. The number of ether oxygens (including phenoxy) is 3. The Morgan fingerprint density at radius 2 is 1.76 bits per heavy atom. The molecule has 232 valence electrons. The van der Waals surface area contributed by atoms with E-state index in [2.05, 4.69) is 0 Å². The molecule has 6 aliphatic rings. The summed E-state index contributed by atoms with van der Waals surface area (Å²) in [6.45, 7) is 3.00. The molecule has 0 aromatic rings. The van der Waals surface area contributed by atoms with E-state index >= 15 is 0 Å². The quantitative estimate of drug-likeness (QED) is 0.140. The summed E-state index contributed by atoms with van der Waals surface area (Å²) < 4.78 is 16.7. The van der Waals surface area contributed by atoms with Gasteiger partial charge in [-0.2, -0.15) is 0 Å². The van der Waals surface area contributed by atoms with E-state index in [0.717, 1.165) is 5.57 Å². The first-order valence-electron chi connectivity index (χ1n) is 14.9. The fraction of sp³-hybridized carbons (Fsp3) is 0.897. The minimum atomic E-state index is -1.67. The third kappa shape index (κ3) is 3.99. The summed E-state index contributed by atoms with van der Waals surface area (Å²) >= 11 is 0. The Kier molecular flexibility index (Phi) is 7.22. The Hall–Kier alpha value is -1.19. The summed E-state index contributed by atoms with van der Waals surface area (Å²) in [6.07, 6.45) is -6.68. The van der Waals surface area contributed by atoms with Crippen LogP contribution in [-0.4, -0.2) is 120 Å². The highest BCUT2D eigenvalue weighted by Crippen LogP contribution is 2.70. The van der Waals surface area contributed by atoms with Crippen LogP contribution in [0.25, 0.3) is 0 Å². The van der Waals surface area contributed by atoms with Gasteiger partial charge in [0.25, 0.3) is 0 Å². The van der Waals surface area contributed by atoms with Crippen LogP contribution in [0.15, 0.2) is 11.6 Å². The zero-order valence-corrected chi connectivity index (χ0v) is 23.5. The lowest BCUT2D eigenvalue weighted by Gasteiger charge is -2.68. The molecule has 2 aliphatic heterocycles. The molecule has 12 heteroatoms. The molecular weight excluding hydrogens is 540 g/mol. The minimum Gasteiger partial charge on any atom is -0.458 e. The van der Waals surface area contributed by atoms with Gasteiger partial charge in [0.05, 0.1) is 47.6 Å². The fourth-order valence-corrected chi connectivity index (χ4v) is 10.1. The normalized spacial score (nSPS) is 56.9. The second kappa shape index (κ2) is 9.91. The molecule has 0 spiro atoms. The molecule has 0 amide bonds. The number of carbonyl (C=O) groups excluding carboxylic acids is 1. The van der Waals surface area contributed by atoms with E-state index < -0.39 is 95.5 Å². The topological polar surface area (TPSA) is 207 Å². The first-order chi connectivity index (χ1) is 19.2. The van der Waals surface area contributed by atoms with E-state index in [4.69, 9.17) is 14.2 Å². The largest absolute Gasteiger partial charge is 0.458 e. The van der Waals surface area contributed by atoms with Gasteiger partial charge in [-0.25, -0.2) is 4.79 Å². The first-order valence-corrected chi connectivity index (χ1v) is 14.9. The van der Waals surface area contributed by atoms with Gasteiger partial charge in [-0.05, 0) is 56.4 Å². The van der Waals surface area contributed by atoms with Gasteiger partial charge in [0.1, 0.15) is 24.9 Å². The molecule has 1 saturated heterocycles. The van der Waals surface area contributed by atoms with Gasteiger partial charge in [0.2, 0.25) is 0 Å². The zero-order chi connectivity index (χ0) is 29.7. The predicted octanol–water partition coefficient (Wildman–Crippen LogP) is -1.51. The Labute approximate surface area is 238 Å². The summed E-state index contributed by atoms with van der Waals surface area (Å²) in [5.41, 5.74) is -4.46. The summed E-state index contributed by atoms with van der Waals surface area (Å²) in [5.74, 6) is -1.93. The Morgan fingerprint density at radius 1 is 1.02 bits per heavy atom. The smallest absolute Gasteiger partial charge is 0.331 e. The molecule has 2 unspecified atom stereocenters. The van der Waals surface area contributed by atoms with Crippen molar-refractivity contribution in [3.05, 3.63) is 11.6 Å². The molecule has 15 atom stereocenters. The zero-order valence-electron chi connectivity index (χ0n) is 23.5. The Bertz CT molecular complexity index is 1080. The van der Waals surface area contributed by atoms with E-state index in [0.29, 0.717) is 19.3 Å². The van der Waals surface area contributed by atoms with Crippen molar-refractivity contribution < 1.29 is 59.9 Å². The summed E-state index contributed by atoms with van der Waals surface area (Å²) in [6, 6.07) is 0. The molecule has 0 aromatic carbocycles. The lowest BCUT2D eigenvalue weighted by atomic mass is 9.40. The highest BCUT2D eigenvalue weighted by Gasteiger charge is 2.75. The molecule has 41 heavy (non-hydrogen) atoms. The third-order valence-corrected chi connectivity index (χ3v) is 12.2. The van der Waals surface area contributed by atoms with Crippen molar-refractivity contribution in [2.24, 2.45) is 28.6 Å². The molecule has 0 aromatic heterocycles. The monoisotopic (exact) mass is 584 g/mol. The lowest BCUT2D eigenvalue weighted by molar-refractivity contribution is -0.342. The molecule has 0 radical (unpaired) electrons. The number of carbonyl (C=O) groups is 1. The van der Waals surface area contributed by atoms with Crippen LogP contribution in [0.1, 0.15) is 58.8 Å². The van der Waals surface area contributed by atoms with Crippen LogP contribution >= 0.6 is 0 Å². The van der Waals surface area contributed by atoms with Crippen molar-refractivity contribution in [3.63, 3.8) is 0 Å². The van der Waals surface area contributed by atoms with Crippen molar-refractivity contribution in [1.82, 2.24) is 0 Å². The van der Waals surface area contributed by atoms with Gasteiger partial charge < -0.3 is 55.1 Å². The maximum atomic E-state index is 12.4. The number of hydrogen-bond donors (Lipinski definition) is 8. The van der Waals surface area contributed by atoms with Crippen LogP contribution in [0, 0.1) is 28.6 Å². The van der Waals surface area contributed by atoms with Crippen LogP contribution in [0.2, 0.25) is 0 Å². The van der Waals surface area contributed by atoms with E-state index in [1.807, 2.05) is 6.92 Å². The number of cyclic esters (lactones) is 1. The van der Waals surface area contributed by atoms with E-state index in [-0.39, 0.29) is 38.2 Å². The van der Waals surface area contributed by atoms with Gasteiger partial charge in [0, 0.05) is 30.3 Å². The Balaban J connectivity index is 1.28. The highest BCUT2D eigenvalue weighted by molar-refractivity contribution is 5.85. The van der Waals surface area contributed by atoms with Crippen LogP contribution < -0.4 is 0 Å². The van der Waals surface area contributed by atoms with E-state index in [1.54, 1.807) is 0 Å². The number of hydrogen-bond acceptors (Lipinski definition) is 12.